The number of anilines is 2. The molecule has 0 aliphatic carbocycles. The molecule has 2 fully saturated rings. The molecule has 3 aromatic rings. The molecule has 34 heavy (non-hydrogen) atoms. The van der Waals surface area contributed by atoms with Crippen LogP contribution in [0.15, 0.2) is 48.7 Å². The second-order valence-electron chi connectivity index (χ2n) is 10.0. The fraction of sp³-hybridized carbons (Fsp3) is 0.407. The summed E-state index contributed by atoms with van der Waals surface area (Å²) in [7, 11) is 0. The Labute approximate surface area is 212 Å². The van der Waals surface area contributed by atoms with Crippen LogP contribution in [0, 0.1) is 25.7 Å². The molecular formula is C27H32ClN5S. The summed E-state index contributed by atoms with van der Waals surface area (Å²) in [6.45, 7) is 10.9. The SMILES string of the molecule is Cc1cc([C@H]2[C@@H](c3ccccn3)NC(=S)N2c2ccc(N3C[C@H](C)C[C@H](C)C3)c(Cl)c2)c(C)[nH]1. The molecule has 5 rings (SSSR count). The first kappa shape index (κ1) is 23.2. The van der Waals surface area contributed by atoms with Gasteiger partial charge >= 0.3 is 0 Å². The Kier molecular flexibility index (Phi) is 6.30. The molecule has 4 atom stereocenters. The second kappa shape index (κ2) is 9.23. The quantitative estimate of drug-likeness (QED) is 0.415. The maximum Gasteiger partial charge on any atom is 0.174 e. The summed E-state index contributed by atoms with van der Waals surface area (Å²) in [5.41, 5.74) is 6.54. The third kappa shape index (κ3) is 4.29. The average Bonchev–Trinajstić information content (AvgIpc) is 3.31. The molecule has 178 valence electrons. The summed E-state index contributed by atoms with van der Waals surface area (Å²) >= 11 is 12.8. The molecule has 0 radical (unpaired) electrons. The Morgan fingerprint density at radius 1 is 1.06 bits per heavy atom. The molecule has 2 N–H and O–H groups in total. The molecule has 0 spiro atoms. The summed E-state index contributed by atoms with van der Waals surface area (Å²) in [4.78, 5) is 12.7. The van der Waals surface area contributed by atoms with E-state index >= 15 is 0 Å². The van der Waals surface area contributed by atoms with E-state index in [1.54, 1.807) is 0 Å². The predicted octanol–water partition coefficient (Wildman–Crippen LogP) is 6.34. The highest BCUT2D eigenvalue weighted by Crippen LogP contribution is 2.44. The molecule has 2 aliphatic rings. The summed E-state index contributed by atoms with van der Waals surface area (Å²) in [5.74, 6) is 1.33. The van der Waals surface area contributed by atoms with Crippen molar-refractivity contribution in [3.63, 3.8) is 0 Å². The number of aromatic nitrogens is 2. The fourth-order valence-electron chi connectivity index (χ4n) is 5.76. The normalized spacial score (nSPS) is 25.0. The third-order valence-corrected chi connectivity index (χ3v) is 7.64. The van der Waals surface area contributed by atoms with Gasteiger partial charge in [-0.1, -0.05) is 31.5 Å². The van der Waals surface area contributed by atoms with Crippen LogP contribution in [0.5, 0.6) is 0 Å². The number of pyridine rings is 1. The van der Waals surface area contributed by atoms with Gasteiger partial charge in [0.1, 0.15) is 0 Å². The molecule has 5 nitrogen and oxygen atoms in total. The number of aryl methyl sites for hydroxylation is 2. The van der Waals surface area contributed by atoms with Crippen LogP contribution >= 0.6 is 23.8 Å². The maximum absolute atomic E-state index is 6.92. The van der Waals surface area contributed by atoms with E-state index in [1.165, 1.54) is 12.0 Å². The Morgan fingerprint density at radius 3 is 2.44 bits per heavy atom. The van der Waals surface area contributed by atoms with Crippen molar-refractivity contribution in [2.45, 2.75) is 46.2 Å². The fourth-order valence-corrected chi connectivity index (χ4v) is 6.40. The van der Waals surface area contributed by atoms with Gasteiger partial charge in [-0.3, -0.25) is 4.98 Å². The highest BCUT2D eigenvalue weighted by Gasteiger charge is 2.42. The van der Waals surface area contributed by atoms with Crippen LogP contribution in [0.25, 0.3) is 0 Å². The van der Waals surface area contributed by atoms with Gasteiger partial charge in [-0.25, -0.2) is 0 Å². The van der Waals surface area contributed by atoms with Crippen LogP contribution < -0.4 is 15.1 Å². The van der Waals surface area contributed by atoms with Gasteiger partial charge in [-0.2, -0.15) is 0 Å². The van der Waals surface area contributed by atoms with Gasteiger partial charge in [0.05, 0.1) is 28.5 Å². The van der Waals surface area contributed by atoms with Crippen LogP contribution in [-0.4, -0.2) is 28.2 Å². The number of benzene rings is 1. The average molecular weight is 494 g/mol. The smallest absolute Gasteiger partial charge is 0.174 e. The van der Waals surface area contributed by atoms with Crippen molar-refractivity contribution in [3.8, 4) is 0 Å². The highest BCUT2D eigenvalue weighted by molar-refractivity contribution is 7.80. The summed E-state index contributed by atoms with van der Waals surface area (Å²) in [6, 6.07) is 14.5. The number of hydrogen-bond acceptors (Lipinski definition) is 3. The van der Waals surface area contributed by atoms with Crippen LogP contribution in [0.4, 0.5) is 11.4 Å². The van der Waals surface area contributed by atoms with Gasteiger partial charge in [-0.15, -0.1) is 0 Å². The third-order valence-electron chi connectivity index (χ3n) is 7.03. The van der Waals surface area contributed by atoms with Crippen molar-refractivity contribution in [1.82, 2.24) is 15.3 Å². The van der Waals surface area contributed by atoms with Crippen molar-refractivity contribution < 1.29 is 0 Å². The molecule has 0 saturated carbocycles. The Hall–Kier alpha value is -2.57. The van der Waals surface area contributed by atoms with E-state index in [1.807, 2.05) is 18.3 Å². The number of aromatic amines is 1. The first-order valence-electron chi connectivity index (χ1n) is 12.0. The van der Waals surface area contributed by atoms with Crippen LogP contribution in [0.1, 0.15) is 55.0 Å². The molecule has 0 amide bonds. The first-order valence-corrected chi connectivity index (χ1v) is 12.8. The van der Waals surface area contributed by atoms with E-state index in [0.717, 1.165) is 46.6 Å². The minimum absolute atomic E-state index is 0.0377. The van der Waals surface area contributed by atoms with Crippen LogP contribution in [0.3, 0.4) is 0 Å². The van der Waals surface area contributed by atoms with E-state index in [-0.39, 0.29) is 12.1 Å². The van der Waals surface area contributed by atoms with Gasteiger partial charge in [-0.05, 0) is 86.3 Å². The van der Waals surface area contributed by atoms with Gasteiger partial charge in [0.2, 0.25) is 0 Å². The predicted molar refractivity (Wildman–Crippen MR) is 145 cm³/mol. The molecular weight excluding hydrogens is 462 g/mol. The van der Waals surface area contributed by atoms with E-state index in [0.29, 0.717) is 16.9 Å². The van der Waals surface area contributed by atoms with Crippen LogP contribution in [-0.2, 0) is 0 Å². The van der Waals surface area contributed by atoms with Gasteiger partial charge in [0, 0.05) is 36.4 Å². The molecule has 7 heteroatoms. The molecule has 2 aromatic heterocycles. The Balaban J connectivity index is 1.54. The largest absolute Gasteiger partial charge is 0.370 e. The second-order valence-corrected chi connectivity index (χ2v) is 10.8. The lowest BCUT2D eigenvalue weighted by molar-refractivity contribution is 0.357. The number of nitrogens with one attached hydrogen (secondary N) is 2. The monoisotopic (exact) mass is 493 g/mol. The minimum atomic E-state index is -0.0650. The van der Waals surface area contributed by atoms with Crippen molar-refractivity contribution in [3.05, 3.63) is 76.3 Å². The molecule has 2 saturated heterocycles. The maximum atomic E-state index is 6.92. The van der Waals surface area contributed by atoms with Crippen molar-refractivity contribution in [1.29, 1.82) is 0 Å². The molecule has 1 aromatic carbocycles. The standard InChI is InChI=1S/C27H32ClN5S/c1-16-11-17(2)15-32(14-16)24-9-8-20(13-22(24)28)33-26(21-12-18(3)30-19(21)4)25(31-27(33)34)23-7-5-6-10-29-23/h5-10,12-13,16-17,25-26,30H,11,14-15H2,1-4H3,(H,31,34)/t16-,17+,25-,26+/m1/s1. The summed E-state index contributed by atoms with van der Waals surface area (Å²) < 4.78 is 0. The zero-order valence-corrected chi connectivity index (χ0v) is 21.7. The number of thiocarbonyl (C=S) groups is 1. The first-order chi connectivity index (χ1) is 16.3. The number of hydrogen-bond donors (Lipinski definition) is 2. The molecule has 0 bridgehead atoms. The number of piperidine rings is 1. The topological polar surface area (TPSA) is 47.2 Å². The summed E-state index contributed by atoms with van der Waals surface area (Å²) in [6.07, 6.45) is 3.10. The lowest BCUT2D eigenvalue weighted by Gasteiger charge is -2.37. The Morgan fingerprint density at radius 2 is 1.82 bits per heavy atom. The van der Waals surface area contributed by atoms with Gasteiger partial charge < -0.3 is 20.1 Å². The van der Waals surface area contributed by atoms with Crippen molar-refractivity contribution >= 4 is 40.3 Å². The van der Waals surface area contributed by atoms with E-state index in [9.17, 15) is 0 Å². The number of halogens is 1. The molecule has 4 heterocycles. The van der Waals surface area contributed by atoms with Crippen LogP contribution in [0.2, 0.25) is 5.02 Å². The van der Waals surface area contributed by atoms with E-state index in [2.05, 4.69) is 83.1 Å². The summed E-state index contributed by atoms with van der Waals surface area (Å²) in [5, 5.41) is 4.99. The number of nitrogens with zero attached hydrogens (tertiary/aromatic N) is 3. The zero-order chi connectivity index (χ0) is 24.0. The zero-order valence-electron chi connectivity index (χ0n) is 20.2. The van der Waals surface area contributed by atoms with Gasteiger partial charge in [0.15, 0.2) is 5.11 Å². The lowest BCUT2D eigenvalue weighted by Crippen LogP contribution is -2.38. The number of H-pyrrole nitrogens is 1. The highest BCUT2D eigenvalue weighted by atomic mass is 35.5. The van der Waals surface area contributed by atoms with Crippen molar-refractivity contribution in [2.24, 2.45) is 11.8 Å². The van der Waals surface area contributed by atoms with Crippen molar-refractivity contribution in [2.75, 3.05) is 22.9 Å². The lowest BCUT2D eigenvalue weighted by atomic mass is 9.91. The minimum Gasteiger partial charge on any atom is -0.370 e. The van der Waals surface area contributed by atoms with E-state index < -0.39 is 0 Å². The molecule has 0 unspecified atom stereocenters. The molecule has 2 aliphatic heterocycles. The van der Waals surface area contributed by atoms with Gasteiger partial charge in [0.25, 0.3) is 0 Å². The van der Waals surface area contributed by atoms with E-state index in [4.69, 9.17) is 23.8 Å². The Bertz CT molecular complexity index is 1180. The number of rotatable bonds is 4.